The lowest BCUT2D eigenvalue weighted by atomic mass is 9.86. The van der Waals surface area contributed by atoms with Gasteiger partial charge in [0.1, 0.15) is 6.04 Å². The molecule has 2 aliphatic heterocycles. The number of hydrogen-bond acceptors (Lipinski definition) is 4. The Morgan fingerprint density at radius 3 is 2.68 bits per heavy atom. The van der Waals surface area contributed by atoms with Crippen LogP contribution in [0.25, 0.3) is 10.9 Å². The number of carbonyl (C=O) groups is 3. The minimum Gasteiger partial charge on any atom is -0.381 e. The van der Waals surface area contributed by atoms with Crippen molar-refractivity contribution >= 4 is 28.7 Å². The summed E-state index contributed by atoms with van der Waals surface area (Å²) in [5.41, 5.74) is 1.64. The zero-order valence-electron chi connectivity index (χ0n) is 20.6. The Hall–Kier alpha value is -2.87. The van der Waals surface area contributed by atoms with Gasteiger partial charge < -0.3 is 19.9 Å². The summed E-state index contributed by atoms with van der Waals surface area (Å²) in [4.78, 5) is 46.8. The van der Waals surface area contributed by atoms with Gasteiger partial charge in [-0.25, -0.2) is 9.69 Å². The van der Waals surface area contributed by atoms with E-state index in [4.69, 9.17) is 4.74 Å². The van der Waals surface area contributed by atoms with Gasteiger partial charge in [0.15, 0.2) is 5.54 Å². The van der Waals surface area contributed by atoms with E-state index in [0.717, 1.165) is 41.6 Å². The van der Waals surface area contributed by atoms with Gasteiger partial charge in [0.05, 0.1) is 5.69 Å². The molecule has 0 spiro atoms. The molecule has 2 N–H and O–H groups in total. The molecular weight excluding hydrogens is 432 g/mol. The number of para-hydroxylation sites is 1. The number of imide groups is 1. The number of hydrogen-bond donors (Lipinski definition) is 2. The zero-order chi connectivity index (χ0) is 24.5. The zero-order valence-corrected chi connectivity index (χ0v) is 20.6. The van der Waals surface area contributed by atoms with Gasteiger partial charge in [0, 0.05) is 37.2 Å². The topological polar surface area (TPSA) is 94.7 Å². The molecule has 184 valence electrons. The van der Waals surface area contributed by atoms with E-state index in [0.29, 0.717) is 32.5 Å². The van der Waals surface area contributed by atoms with Crippen molar-refractivity contribution in [3.8, 4) is 0 Å². The Morgan fingerprint density at radius 1 is 1.21 bits per heavy atom. The number of carbonyl (C=O) groups excluding carboxylic acids is 3. The van der Waals surface area contributed by atoms with E-state index >= 15 is 0 Å². The van der Waals surface area contributed by atoms with E-state index in [9.17, 15) is 14.4 Å². The highest BCUT2D eigenvalue weighted by molar-refractivity contribution is 6.11. The fourth-order valence-corrected chi connectivity index (χ4v) is 5.22. The molecule has 0 aliphatic carbocycles. The van der Waals surface area contributed by atoms with E-state index in [1.54, 1.807) is 11.8 Å². The third-order valence-corrected chi connectivity index (χ3v) is 7.08. The van der Waals surface area contributed by atoms with Crippen LogP contribution in [-0.4, -0.2) is 65.0 Å². The predicted octanol–water partition coefficient (Wildman–Crippen LogP) is 3.55. The molecule has 4 rings (SSSR count). The highest BCUT2D eigenvalue weighted by atomic mass is 16.5. The number of unbranched alkanes of at least 4 members (excludes halogenated alkanes) is 1. The maximum atomic E-state index is 13.9. The van der Waals surface area contributed by atoms with Crippen LogP contribution in [0.1, 0.15) is 58.2 Å². The minimum atomic E-state index is -1.15. The number of fused-ring (bicyclic) bond motifs is 5. The van der Waals surface area contributed by atoms with Crippen molar-refractivity contribution in [3.63, 3.8) is 0 Å². The van der Waals surface area contributed by atoms with Crippen LogP contribution in [0.5, 0.6) is 0 Å². The van der Waals surface area contributed by atoms with E-state index in [2.05, 4.69) is 17.2 Å². The van der Waals surface area contributed by atoms with Crippen molar-refractivity contribution in [3.05, 3.63) is 35.5 Å². The number of rotatable bonds is 10. The molecule has 1 fully saturated rings. The molecule has 2 aromatic rings. The Kier molecular flexibility index (Phi) is 6.98. The molecular formula is C26H36N4O4. The molecule has 2 aliphatic rings. The van der Waals surface area contributed by atoms with E-state index < -0.39 is 17.6 Å². The van der Waals surface area contributed by atoms with Gasteiger partial charge in [-0.3, -0.25) is 9.59 Å². The number of nitrogens with zero attached hydrogens (tertiary/aromatic N) is 2. The van der Waals surface area contributed by atoms with Crippen molar-refractivity contribution < 1.29 is 19.1 Å². The summed E-state index contributed by atoms with van der Waals surface area (Å²) in [7, 11) is 0. The third-order valence-electron chi connectivity index (χ3n) is 7.08. The highest BCUT2D eigenvalue weighted by Crippen LogP contribution is 2.45. The molecule has 8 nitrogen and oxygen atoms in total. The van der Waals surface area contributed by atoms with Crippen molar-refractivity contribution in [1.29, 1.82) is 0 Å². The van der Waals surface area contributed by atoms with Gasteiger partial charge >= 0.3 is 6.03 Å². The van der Waals surface area contributed by atoms with E-state index in [-0.39, 0.29) is 17.7 Å². The SMILES string of the molecule is CCCCOCCCNC(=O)[C@H](C(C)C)N1C(=O)N2CCc3c([nH]c4ccccc34)[C@@]2(C)C1=O. The molecule has 34 heavy (non-hydrogen) atoms. The first-order chi connectivity index (χ1) is 16.3. The smallest absolute Gasteiger partial charge is 0.328 e. The lowest BCUT2D eigenvalue weighted by Crippen LogP contribution is -2.53. The molecule has 0 saturated carbocycles. The number of H-pyrrole nitrogens is 1. The lowest BCUT2D eigenvalue weighted by Gasteiger charge is -2.36. The molecule has 1 aromatic heterocycles. The Balaban J connectivity index is 1.54. The largest absolute Gasteiger partial charge is 0.381 e. The van der Waals surface area contributed by atoms with E-state index in [1.807, 2.05) is 38.1 Å². The number of ether oxygens (including phenoxy) is 1. The van der Waals surface area contributed by atoms with Crippen molar-refractivity contribution in [2.24, 2.45) is 5.92 Å². The van der Waals surface area contributed by atoms with Crippen molar-refractivity contribution in [2.45, 2.75) is 65.0 Å². The van der Waals surface area contributed by atoms with Crippen LogP contribution in [0, 0.1) is 5.92 Å². The van der Waals surface area contributed by atoms with Crippen LogP contribution < -0.4 is 5.32 Å². The summed E-state index contributed by atoms with van der Waals surface area (Å²) in [5.74, 6) is -0.867. The summed E-state index contributed by atoms with van der Waals surface area (Å²) >= 11 is 0. The number of aromatic amines is 1. The summed E-state index contributed by atoms with van der Waals surface area (Å²) in [6.45, 7) is 9.82. The Bertz CT molecular complexity index is 1080. The molecule has 3 heterocycles. The monoisotopic (exact) mass is 468 g/mol. The normalized spacial score (nSPS) is 20.7. The number of benzene rings is 1. The second-order valence-corrected chi connectivity index (χ2v) is 9.76. The molecule has 4 amide bonds. The predicted molar refractivity (Wildman–Crippen MR) is 130 cm³/mol. The first-order valence-electron chi connectivity index (χ1n) is 12.4. The summed E-state index contributed by atoms with van der Waals surface area (Å²) in [5, 5.41) is 4.00. The number of nitrogens with one attached hydrogen (secondary N) is 2. The molecule has 0 bridgehead atoms. The fourth-order valence-electron chi connectivity index (χ4n) is 5.22. The van der Waals surface area contributed by atoms with Crippen LogP contribution in [0.15, 0.2) is 24.3 Å². The van der Waals surface area contributed by atoms with Crippen LogP contribution in [0.2, 0.25) is 0 Å². The second-order valence-electron chi connectivity index (χ2n) is 9.76. The van der Waals surface area contributed by atoms with Gasteiger partial charge in [-0.1, -0.05) is 45.4 Å². The molecule has 1 aromatic carbocycles. The van der Waals surface area contributed by atoms with Gasteiger partial charge in [0.25, 0.3) is 5.91 Å². The lowest BCUT2D eigenvalue weighted by molar-refractivity contribution is -0.140. The first-order valence-corrected chi connectivity index (χ1v) is 12.4. The average molecular weight is 469 g/mol. The first kappa shape index (κ1) is 24.3. The number of aromatic nitrogens is 1. The summed E-state index contributed by atoms with van der Waals surface area (Å²) in [6.07, 6.45) is 3.46. The summed E-state index contributed by atoms with van der Waals surface area (Å²) in [6, 6.07) is 6.69. The maximum Gasteiger partial charge on any atom is 0.328 e. The number of urea groups is 1. The Morgan fingerprint density at radius 2 is 1.94 bits per heavy atom. The Labute approximate surface area is 201 Å². The van der Waals surface area contributed by atoms with Gasteiger partial charge in [0.2, 0.25) is 5.91 Å². The van der Waals surface area contributed by atoms with E-state index in [1.165, 1.54) is 4.90 Å². The standard InChI is InChI=1S/C26H36N4O4/c1-5-6-15-34-16-9-13-27-23(31)21(17(2)3)30-24(32)26(4)22-19(12-14-29(26)25(30)33)18-10-7-8-11-20(18)28-22/h7-8,10-11,17,21,28H,5-6,9,12-16H2,1-4H3,(H,27,31)/t21-,26-/m0/s1. The highest BCUT2D eigenvalue weighted by Gasteiger charge is 2.61. The molecule has 0 unspecified atom stereocenters. The van der Waals surface area contributed by atoms with Crippen molar-refractivity contribution in [2.75, 3.05) is 26.3 Å². The molecule has 2 atom stereocenters. The van der Waals surface area contributed by atoms with Crippen LogP contribution >= 0.6 is 0 Å². The van der Waals surface area contributed by atoms with Crippen LogP contribution in [0.4, 0.5) is 4.79 Å². The minimum absolute atomic E-state index is 0.221. The molecule has 0 radical (unpaired) electrons. The molecule has 8 heteroatoms. The van der Waals surface area contributed by atoms with Crippen LogP contribution in [0.3, 0.4) is 0 Å². The van der Waals surface area contributed by atoms with Gasteiger partial charge in [-0.2, -0.15) is 0 Å². The van der Waals surface area contributed by atoms with Crippen molar-refractivity contribution in [1.82, 2.24) is 20.1 Å². The second kappa shape index (κ2) is 9.78. The maximum absolute atomic E-state index is 13.9. The fraction of sp³-hybridized carbons (Fsp3) is 0.577. The average Bonchev–Trinajstić information content (AvgIpc) is 3.28. The van der Waals surface area contributed by atoms with Gasteiger partial charge in [-0.05, 0) is 43.7 Å². The number of amides is 4. The molecule has 1 saturated heterocycles. The quantitative estimate of drug-likeness (QED) is 0.412. The van der Waals surface area contributed by atoms with Gasteiger partial charge in [-0.15, -0.1) is 0 Å². The third kappa shape index (κ3) is 3.98. The van der Waals surface area contributed by atoms with Crippen LogP contribution in [-0.2, 0) is 26.3 Å². The summed E-state index contributed by atoms with van der Waals surface area (Å²) < 4.78 is 5.55.